The summed E-state index contributed by atoms with van der Waals surface area (Å²) in [6, 6.07) is 0. The molecule has 0 aromatic rings. The molecule has 4 N–H and O–H groups in total. The van der Waals surface area contributed by atoms with Crippen LogP contribution in [0.3, 0.4) is 0 Å². The fourth-order valence-electron chi connectivity index (χ4n) is 1.07. The Morgan fingerprint density at radius 3 is 2.25 bits per heavy atom. The quantitative estimate of drug-likeness (QED) is 0.468. The van der Waals surface area contributed by atoms with E-state index >= 15 is 0 Å². The lowest BCUT2D eigenvalue weighted by molar-refractivity contribution is -0.137. The van der Waals surface area contributed by atoms with Crippen LogP contribution in [0.15, 0.2) is 0 Å². The molecule has 0 heterocycles. The molecule has 0 aromatic carbocycles. The van der Waals surface area contributed by atoms with Crippen LogP contribution in [0, 0.1) is 5.41 Å². The van der Waals surface area contributed by atoms with E-state index in [1.54, 1.807) is 13.8 Å². The second-order valence-corrected chi connectivity index (χ2v) is 4.91. The Labute approximate surface area is 119 Å². The average molecular weight is 293 g/mol. The molecule has 0 aliphatic carbocycles. The van der Waals surface area contributed by atoms with Gasteiger partial charge in [0.05, 0.1) is 6.61 Å². The Hall–Kier alpha value is -1.18. The largest absolute Gasteiger partial charge is 0.481 e. The highest BCUT2D eigenvalue weighted by atomic mass is 16.5. The van der Waals surface area contributed by atoms with E-state index < -0.39 is 23.4 Å². The summed E-state index contributed by atoms with van der Waals surface area (Å²) in [4.78, 5) is 20.5. The Morgan fingerprint density at radius 1 is 1.35 bits per heavy atom. The number of ether oxygens (including phenoxy) is 1. The molecular weight excluding hydrogens is 266 g/mol. The number of nitrogens with one attached hydrogen (secondary N) is 1. The number of aliphatic carboxylic acids is 1. The van der Waals surface area contributed by atoms with E-state index in [4.69, 9.17) is 19.7 Å². The van der Waals surface area contributed by atoms with E-state index in [0.29, 0.717) is 26.2 Å². The van der Waals surface area contributed by atoms with E-state index in [1.807, 2.05) is 6.92 Å². The third-order valence-corrected chi connectivity index (χ3v) is 2.36. The number of hydrogen-bond acceptors (Lipinski definition) is 5. The second-order valence-electron chi connectivity index (χ2n) is 4.91. The van der Waals surface area contributed by atoms with Crippen LogP contribution in [0.2, 0.25) is 0 Å². The topological polar surface area (TPSA) is 116 Å². The lowest BCUT2D eigenvalue weighted by Crippen LogP contribution is -2.45. The Bertz CT molecular complexity index is 276. The zero-order valence-electron chi connectivity index (χ0n) is 12.7. The van der Waals surface area contributed by atoms with Gasteiger partial charge in [0.2, 0.25) is 5.91 Å². The smallest absolute Gasteiger partial charge is 0.300 e. The molecular formula is C13H27NO6. The van der Waals surface area contributed by atoms with Gasteiger partial charge in [-0.05, 0) is 13.3 Å². The number of amides is 1. The fourth-order valence-corrected chi connectivity index (χ4v) is 1.07. The molecule has 0 fully saturated rings. The molecule has 0 saturated carbocycles. The van der Waals surface area contributed by atoms with Crippen molar-refractivity contribution in [3.05, 3.63) is 0 Å². The highest BCUT2D eigenvalue weighted by Crippen LogP contribution is 2.19. The molecule has 7 heteroatoms. The number of aliphatic hydroxyl groups excluding tert-OH is 2. The lowest BCUT2D eigenvalue weighted by Gasteiger charge is -2.27. The van der Waals surface area contributed by atoms with Crippen molar-refractivity contribution in [3.8, 4) is 0 Å². The van der Waals surface area contributed by atoms with Gasteiger partial charge in [0.25, 0.3) is 5.97 Å². The molecule has 1 atom stereocenters. The molecule has 0 radical (unpaired) electrons. The van der Waals surface area contributed by atoms with Crippen molar-refractivity contribution in [2.75, 3.05) is 26.4 Å². The van der Waals surface area contributed by atoms with Crippen molar-refractivity contribution in [2.45, 2.75) is 40.2 Å². The summed E-state index contributed by atoms with van der Waals surface area (Å²) in [5.41, 5.74) is -0.815. The molecule has 0 saturated heterocycles. The zero-order chi connectivity index (χ0) is 16.2. The predicted octanol–water partition coefficient (Wildman–Crippen LogP) is -0.000500. The minimum Gasteiger partial charge on any atom is -0.481 e. The van der Waals surface area contributed by atoms with Gasteiger partial charge >= 0.3 is 0 Å². The molecule has 0 spiro atoms. The number of aliphatic hydroxyl groups is 2. The third kappa shape index (κ3) is 11.9. The first-order valence-corrected chi connectivity index (χ1v) is 6.53. The summed E-state index contributed by atoms with van der Waals surface area (Å²) in [7, 11) is 0. The van der Waals surface area contributed by atoms with Crippen molar-refractivity contribution < 1.29 is 29.6 Å². The van der Waals surface area contributed by atoms with Crippen molar-refractivity contribution in [2.24, 2.45) is 5.41 Å². The Kier molecular flexibility index (Phi) is 12.3. The van der Waals surface area contributed by atoms with Crippen LogP contribution < -0.4 is 5.32 Å². The van der Waals surface area contributed by atoms with Gasteiger partial charge in [-0.15, -0.1) is 0 Å². The normalized spacial score (nSPS) is 12.1. The van der Waals surface area contributed by atoms with Gasteiger partial charge in [-0.2, -0.15) is 0 Å². The number of rotatable bonds is 8. The van der Waals surface area contributed by atoms with Crippen LogP contribution >= 0.6 is 0 Å². The minimum absolute atomic E-state index is 0.236. The van der Waals surface area contributed by atoms with Gasteiger partial charge in [-0.25, -0.2) is 0 Å². The van der Waals surface area contributed by atoms with Gasteiger partial charge < -0.3 is 25.4 Å². The molecule has 120 valence electrons. The predicted molar refractivity (Wildman–Crippen MR) is 74.3 cm³/mol. The highest BCUT2D eigenvalue weighted by molar-refractivity contribution is 5.81. The van der Waals surface area contributed by atoms with E-state index in [-0.39, 0.29) is 6.61 Å². The van der Waals surface area contributed by atoms with E-state index in [9.17, 15) is 9.90 Å². The Morgan fingerprint density at radius 2 is 1.85 bits per heavy atom. The number of hydrogen-bond donors (Lipinski definition) is 4. The molecule has 1 amide bonds. The number of carboxylic acid groups (broad SMARTS) is 1. The summed E-state index contributed by atoms with van der Waals surface area (Å²) in [6.07, 6.45) is -0.476. The molecule has 0 aromatic heterocycles. The summed E-state index contributed by atoms with van der Waals surface area (Å²) in [5, 5.41) is 28.7. The second kappa shape index (κ2) is 11.6. The van der Waals surface area contributed by atoms with Gasteiger partial charge in [-0.3, -0.25) is 9.59 Å². The minimum atomic E-state index is -1.19. The number of carboxylic acids is 1. The first-order valence-electron chi connectivity index (χ1n) is 6.53. The molecule has 0 aliphatic rings. The van der Waals surface area contributed by atoms with Gasteiger partial charge in [0.15, 0.2) is 0 Å². The molecule has 0 aliphatic heterocycles. The fraction of sp³-hybridized carbons (Fsp3) is 0.846. The molecule has 0 rings (SSSR count). The van der Waals surface area contributed by atoms with Crippen LogP contribution in [0.25, 0.3) is 0 Å². The highest BCUT2D eigenvalue weighted by Gasteiger charge is 2.32. The van der Waals surface area contributed by atoms with Crippen LogP contribution in [0.1, 0.15) is 34.1 Å². The molecule has 20 heavy (non-hydrogen) atoms. The average Bonchev–Trinajstić information content (AvgIpc) is 2.36. The maximum absolute atomic E-state index is 11.5. The maximum atomic E-state index is 11.5. The van der Waals surface area contributed by atoms with Crippen molar-refractivity contribution >= 4 is 11.9 Å². The Balaban J connectivity index is 0. The van der Waals surface area contributed by atoms with Gasteiger partial charge in [0.1, 0.15) is 6.10 Å². The van der Waals surface area contributed by atoms with E-state index in [0.717, 1.165) is 6.92 Å². The number of carbonyl (C=O) groups is 2. The van der Waals surface area contributed by atoms with Crippen LogP contribution in [-0.2, 0) is 14.3 Å². The number of carbonyl (C=O) groups excluding carboxylic acids is 1. The maximum Gasteiger partial charge on any atom is 0.300 e. The molecule has 7 nitrogen and oxygen atoms in total. The van der Waals surface area contributed by atoms with Crippen molar-refractivity contribution in [3.63, 3.8) is 0 Å². The zero-order valence-corrected chi connectivity index (χ0v) is 12.7. The van der Waals surface area contributed by atoms with Crippen LogP contribution in [-0.4, -0.2) is 59.7 Å². The van der Waals surface area contributed by atoms with Crippen LogP contribution in [0.4, 0.5) is 0 Å². The summed E-state index contributed by atoms with van der Waals surface area (Å²) < 4.78 is 5.11. The molecule has 0 bridgehead atoms. The SMILES string of the molecule is CC(=O)O.CCOCCCNC(=O)C(O)C(C)(C)CO. The van der Waals surface area contributed by atoms with E-state index in [1.165, 1.54) is 0 Å². The van der Waals surface area contributed by atoms with Gasteiger partial charge in [-0.1, -0.05) is 13.8 Å². The van der Waals surface area contributed by atoms with E-state index in [2.05, 4.69) is 5.32 Å². The first kappa shape index (κ1) is 21.1. The van der Waals surface area contributed by atoms with Crippen LogP contribution in [0.5, 0.6) is 0 Å². The summed E-state index contributed by atoms with van der Waals surface area (Å²) >= 11 is 0. The molecule has 1 unspecified atom stereocenters. The lowest BCUT2D eigenvalue weighted by atomic mass is 9.87. The standard InChI is InChI=1S/C11H23NO4.C2H4O2/c1-4-16-7-5-6-12-10(15)9(14)11(2,3)8-13;1-2(3)4/h9,13-14H,4-8H2,1-3H3,(H,12,15);1H3,(H,3,4). The van der Waals surface area contributed by atoms with Crippen molar-refractivity contribution in [1.82, 2.24) is 5.32 Å². The monoisotopic (exact) mass is 293 g/mol. The first-order chi connectivity index (χ1) is 9.18. The summed E-state index contributed by atoms with van der Waals surface area (Å²) in [6.45, 7) is 7.75. The van der Waals surface area contributed by atoms with Gasteiger partial charge in [0, 0.05) is 32.1 Å². The third-order valence-electron chi connectivity index (χ3n) is 2.36. The van der Waals surface area contributed by atoms with Crippen molar-refractivity contribution in [1.29, 1.82) is 0 Å². The summed E-state index contributed by atoms with van der Waals surface area (Å²) in [5.74, 6) is -1.28.